The highest BCUT2D eigenvalue weighted by Gasteiger charge is 2.46. The molecule has 2 fully saturated rings. The Morgan fingerprint density at radius 2 is 1.57 bits per heavy atom. The van der Waals surface area contributed by atoms with Crippen molar-refractivity contribution in [3.8, 4) is 0 Å². The molecular weight excluding hydrogens is 624 g/mol. The van der Waals surface area contributed by atoms with Crippen molar-refractivity contribution in [1.29, 1.82) is 0 Å². The summed E-state index contributed by atoms with van der Waals surface area (Å²) in [6.07, 6.45) is 7.93. The SMILES string of the molecule is CC(C)=C[C@@H]1C[C@@H](C(=O)NC(CC2CCC2)C(=O)C(N)=O)N(C(=O)[C@@H](NC(=O)N[C@H](CN(C)S(C)(C)(=O)O)C(C)(C)C)C(C)(C)C)C1. The first-order valence-electron chi connectivity index (χ1n) is 16.4. The van der Waals surface area contributed by atoms with Gasteiger partial charge in [-0.1, -0.05) is 72.5 Å². The standard InChI is InChI=1S/C33H60N6O7S/c1-20(2)15-22-17-24(29(42)35-23(26(40)28(34)41)16-21-13-12-14-21)39(18-22)30(43)27(33(6,7)8)37-31(44)36-25(32(3,4)5)19-38(9)47(10,11,45)46/h15,21-25,27H,12-14,16-19H2,1-11H3,(H2,34,41)(H,35,42)(H,45,46)(H2,36,37,44)/t22-,23?,24+,25-,27-/m1/s1. The number of Topliss-reactive ketones (excluding diaryl/α,β-unsaturated/α-hetero) is 1. The highest BCUT2D eigenvalue weighted by molar-refractivity contribution is 8.11. The summed E-state index contributed by atoms with van der Waals surface area (Å²) in [6.45, 7) is 15.3. The molecule has 0 radical (unpaired) electrons. The van der Waals surface area contributed by atoms with Gasteiger partial charge in [0.1, 0.15) is 12.1 Å². The second-order valence-corrected chi connectivity index (χ2v) is 20.4. The van der Waals surface area contributed by atoms with Crippen molar-refractivity contribution < 1.29 is 32.7 Å². The Bertz CT molecular complexity index is 1290. The summed E-state index contributed by atoms with van der Waals surface area (Å²) in [4.78, 5) is 67.6. The Labute approximate surface area is 280 Å². The average molecular weight is 685 g/mol. The molecule has 0 aromatic heterocycles. The minimum Gasteiger partial charge on any atom is -0.363 e. The molecule has 1 aliphatic carbocycles. The molecule has 6 N–H and O–H groups in total. The molecule has 2 rings (SSSR count). The summed E-state index contributed by atoms with van der Waals surface area (Å²) in [5.74, 6) is -2.92. The van der Waals surface area contributed by atoms with Gasteiger partial charge in [0, 0.05) is 38.7 Å². The molecule has 1 saturated carbocycles. The van der Waals surface area contributed by atoms with Crippen LogP contribution in [0.1, 0.15) is 87.5 Å². The number of rotatable bonds is 13. The molecule has 47 heavy (non-hydrogen) atoms. The van der Waals surface area contributed by atoms with E-state index in [-0.39, 0.29) is 24.9 Å². The molecule has 1 heterocycles. The Morgan fingerprint density at radius 3 is 2.00 bits per heavy atom. The van der Waals surface area contributed by atoms with Gasteiger partial charge in [-0.15, -0.1) is 9.53 Å². The van der Waals surface area contributed by atoms with Crippen LogP contribution < -0.4 is 21.7 Å². The molecule has 0 aromatic rings. The van der Waals surface area contributed by atoms with Crippen molar-refractivity contribution in [2.45, 2.75) is 112 Å². The predicted molar refractivity (Wildman–Crippen MR) is 185 cm³/mol. The van der Waals surface area contributed by atoms with Crippen LogP contribution in [-0.2, 0) is 28.7 Å². The number of allylic oxidation sites excluding steroid dienone is 1. The first-order valence-corrected chi connectivity index (χ1v) is 19.1. The molecule has 0 bridgehead atoms. The molecule has 1 unspecified atom stereocenters. The van der Waals surface area contributed by atoms with Crippen molar-refractivity contribution in [3.05, 3.63) is 11.6 Å². The zero-order valence-electron chi connectivity index (χ0n) is 30.3. The number of urea groups is 1. The van der Waals surface area contributed by atoms with Gasteiger partial charge >= 0.3 is 6.03 Å². The first-order chi connectivity index (χ1) is 21.2. The number of nitrogens with two attached hydrogens (primary N) is 1. The zero-order valence-corrected chi connectivity index (χ0v) is 31.1. The normalized spacial score (nSPS) is 21.8. The molecule has 270 valence electrons. The number of primary amides is 1. The molecule has 5 atom stereocenters. The smallest absolute Gasteiger partial charge is 0.315 e. The third kappa shape index (κ3) is 11.7. The van der Waals surface area contributed by atoms with E-state index in [0.717, 1.165) is 24.8 Å². The van der Waals surface area contributed by atoms with E-state index in [1.54, 1.807) is 0 Å². The van der Waals surface area contributed by atoms with Crippen LogP contribution in [0.15, 0.2) is 11.6 Å². The topological polar surface area (TPSA) is 191 Å². The third-order valence-corrected chi connectivity index (χ3v) is 11.2. The minimum absolute atomic E-state index is 0.0741. The van der Waals surface area contributed by atoms with Crippen molar-refractivity contribution >= 4 is 39.1 Å². The number of carbonyl (C=O) groups excluding carboxylic acids is 5. The van der Waals surface area contributed by atoms with Crippen LogP contribution in [0.3, 0.4) is 0 Å². The largest absolute Gasteiger partial charge is 0.363 e. The van der Waals surface area contributed by atoms with Gasteiger partial charge in [0.25, 0.3) is 5.91 Å². The summed E-state index contributed by atoms with van der Waals surface area (Å²) in [5.41, 5.74) is 5.05. The highest BCUT2D eigenvalue weighted by atomic mass is 32.3. The van der Waals surface area contributed by atoms with E-state index < -0.39 is 74.1 Å². The molecule has 5 amide bonds. The number of likely N-dealkylation sites (tertiary alicyclic amines) is 1. The monoisotopic (exact) mass is 684 g/mol. The van der Waals surface area contributed by atoms with Gasteiger partial charge in [0.2, 0.25) is 17.6 Å². The molecular formula is C33H60N6O7S. The van der Waals surface area contributed by atoms with Gasteiger partial charge < -0.3 is 26.6 Å². The second-order valence-electron chi connectivity index (χ2n) is 16.4. The molecule has 0 aromatic carbocycles. The lowest BCUT2D eigenvalue weighted by molar-refractivity contribution is -0.143. The minimum atomic E-state index is -4.07. The lowest BCUT2D eigenvalue weighted by Gasteiger charge is -2.46. The maximum Gasteiger partial charge on any atom is 0.315 e. The number of likely N-dealkylation sites (N-methyl/N-ethyl adjacent to an activating group) is 1. The van der Waals surface area contributed by atoms with E-state index in [9.17, 15) is 32.7 Å². The average Bonchev–Trinajstić information content (AvgIpc) is 3.28. The van der Waals surface area contributed by atoms with Crippen LogP contribution >= 0.6 is 0 Å². The van der Waals surface area contributed by atoms with Gasteiger partial charge in [0.15, 0.2) is 0 Å². The number of hydrogen-bond donors (Lipinski definition) is 5. The van der Waals surface area contributed by atoms with Crippen LogP contribution in [-0.4, -0.2) is 104 Å². The van der Waals surface area contributed by atoms with Gasteiger partial charge in [0.05, 0.1) is 6.04 Å². The Morgan fingerprint density at radius 1 is 1.00 bits per heavy atom. The van der Waals surface area contributed by atoms with Crippen molar-refractivity contribution in [3.63, 3.8) is 0 Å². The van der Waals surface area contributed by atoms with Gasteiger partial charge in [-0.25, -0.2) is 9.10 Å². The number of carbonyl (C=O) groups is 5. The molecule has 13 nitrogen and oxygen atoms in total. The lowest BCUT2D eigenvalue weighted by Crippen LogP contribution is -2.62. The second kappa shape index (κ2) is 14.7. The van der Waals surface area contributed by atoms with Crippen molar-refractivity contribution in [2.24, 2.45) is 28.4 Å². The fourth-order valence-corrected chi connectivity index (χ4v) is 6.41. The fourth-order valence-electron chi connectivity index (χ4n) is 5.84. The van der Waals surface area contributed by atoms with Crippen LogP contribution in [0, 0.1) is 22.7 Å². The number of hydrogen-bond acceptors (Lipinski definition) is 6. The van der Waals surface area contributed by atoms with E-state index >= 15 is 0 Å². The summed E-state index contributed by atoms with van der Waals surface area (Å²) < 4.78 is 24.6. The van der Waals surface area contributed by atoms with Crippen molar-refractivity contribution in [2.75, 3.05) is 32.6 Å². The Hall–Kier alpha value is -2.84. The number of amides is 5. The summed E-state index contributed by atoms with van der Waals surface area (Å²) in [6, 6.07) is -4.26. The zero-order chi connectivity index (χ0) is 36.3. The molecule has 1 saturated heterocycles. The summed E-state index contributed by atoms with van der Waals surface area (Å²) in [5, 5.41) is 8.48. The fraction of sp³-hybridized carbons (Fsp3) is 0.788. The Balaban J connectivity index is 2.36. The van der Waals surface area contributed by atoms with E-state index in [2.05, 4.69) is 16.0 Å². The Kier molecular flexibility index (Phi) is 12.6. The maximum atomic E-state index is 14.3. The summed E-state index contributed by atoms with van der Waals surface area (Å²) in [7, 11) is -2.55. The molecule has 1 aliphatic heterocycles. The highest BCUT2D eigenvalue weighted by Crippen LogP contribution is 2.33. The molecule has 2 aliphatic rings. The van der Waals surface area contributed by atoms with E-state index in [0.29, 0.717) is 12.8 Å². The molecule has 0 spiro atoms. The van der Waals surface area contributed by atoms with Crippen molar-refractivity contribution in [1.82, 2.24) is 25.2 Å². The van der Waals surface area contributed by atoms with Gasteiger partial charge in [-0.05, 0) is 49.4 Å². The van der Waals surface area contributed by atoms with Crippen LogP contribution in [0.2, 0.25) is 0 Å². The molecule has 14 heteroatoms. The third-order valence-electron chi connectivity index (χ3n) is 9.23. The first kappa shape index (κ1) is 40.3. The van der Waals surface area contributed by atoms with Gasteiger partial charge in [-0.3, -0.25) is 23.7 Å². The number of nitrogens with one attached hydrogen (secondary N) is 3. The lowest BCUT2D eigenvalue weighted by atomic mass is 9.80. The number of ketones is 1. The predicted octanol–water partition coefficient (Wildman–Crippen LogP) is 2.43. The van der Waals surface area contributed by atoms with Crippen LogP contribution in [0.4, 0.5) is 4.79 Å². The maximum absolute atomic E-state index is 14.3. The summed E-state index contributed by atoms with van der Waals surface area (Å²) >= 11 is 0. The van der Waals surface area contributed by atoms with E-state index in [1.807, 2.05) is 61.5 Å². The number of nitrogens with zero attached hydrogens (tertiary/aromatic N) is 2. The van der Waals surface area contributed by atoms with Gasteiger partial charge in [-0.2, -0.15) is 4.21 Å². The quantitative estimate of drug-likeness (QED) is 0.145. The van der Waals surface area contributed by atoms with E-state index in [1.165, 1.54) is 28.8 Å². The van der Waals surface area contributed by atoms with E-state index in [4.69, 9.17) is 5.73 Å². The van der Waals surface area contributed by atoms with Crippen LogP contribution in [0.25, 0.3) is 0 Å². The van der Waals surface area contributed by atoms with Crippen LogP contribution in [0.5, 0.6) is 0 Å².